The second-order valence-electron chi connectivity index (χ2n) is 8.04. The van der Waals surface area contributed by atoms with E-state index in [0.717, 1.165) is 33.9 Å². The van der Waals surface area contributed by atoms with Crippen LogP contribution in [0.15, 0.2) is 73.1 Å². The number of rotatable bonds is 4. The van der Waals surface area contributed by atoms with Crippen LogP contribution in [-0.2, 0) is 21.1 Å². The normalized spacial score (nSPS) is 9.88. The Kier molecular flexibility index (Phi) is 9.81. The minimum atomic E-state index is 0. The average molecular weight is 618 g/mol. The molecule has 33 heavy (non-hydrogen) atoms. The zero-order chi connectivity index (χ0) is 23.1. The average Bonchev–Trinajstić information content (AvgIpc) is 2.80. The molecule has 2 heterocycles. The fraction of sp³-hybridized carbons (Fsp3) is 0.214. The van der Waals surface area contributed by atoms with Gasteiger partial charge in [0.1, 0.15) is 0 Å². The molecule has 172 valence electrons. The number of aromatic nitrogens is 2. The van der Waals surface area contributed by atoms with Crippen LogP contribution in [0, 0.1) is 26.0 Å². The molecular weight excluding hydrogens is 587 g/mol. The van der Waals surface area contributed by atoms with Gasteiger partial charge in [-0.1, -0.05) is 26.0 Å². The van der Waals surface area contributed by atoms with Gasteiger partial charge < -0.3 is 19.8 Å². The monoisotopic (exact) mass is 617 g/mol. The Bertz CT molecular complexity index is 1080. The molecule has 0 atom stereocenters. The molecule has 0 spiro atoms. The van der Waals surface area contributed by atoms with Crippen molar-refractivity contribution in [2.45, 2.75) is 13.8 Å². The van der Waals surface area contributed by atoms with Crippen molar-refractivity contribution in [1.29, 1.82) is 0 Å². The summed E-state index contributed by atoms with van der Waals surface area (Å²) < 4.78 is 0. The standard InChI is InChI=1S/2C14H15N2.Pt/c2*1-11-6-4-5-7-13(11)14-10-12(16(2)3)8-9-15-14;/h2*4-6,8-10H,1-3H3;/q2*-1;+2. The van der Waals surface area contributed by atoms with E-state index < -0.39 is 0 Å². The molecule has 0 bridgehead atoms. The molecule has 0 saturated heterocycles. The molecule has 4 aromatic rings. The molecule has 2 aromatic heterocycles. The molecule has 0 fully saturated rings. The number of hydrogen-bond donors (Lipinski definition) is 0. The summed E-state index contributed by atoms with van der Waals surface area (Å²) in [5.41, 5.74) is 8.81. The molecule has 5 heteroatoms. The van der Waals surface area contributed by atoms with Gasteiger partial charge in [0, 0.05) is 52.0 Å². The number of anilines is 2. The number of benzene rings is 2. The zero-order valence-corrected chi connectivity index (χ0v) is 22.3. The van der Waals surface area contributed by atoms with E-state index in [9.17, 15) is 0 Å². The maximum atomic E-state index is 4.39. The van der Waals surface area contributed by atoms with Crippen LogP contribution < -0.4 is 9.80 Å². The van der Waals surface area contributed by atoms with E-state index in [1.54, 1.807) is 0 Å². The molecule has 4 rings (SSSR count). The first-order chi connectivity index (χ1) is 15.4. The Hall–Kier alpha value is -2.97. The molecule has 0 aliphatic carbocycles. The predicted octanol–water partition coefficient (Wildman–Crippen LogP) is 5.84. The number of hydrogen-bond acceptors (Lipinski definition) is 4. The van der Waals surface area contributed by atoms with E-state index in [0.29, 0.717) is 0 Å². The third-order valence-corrected chi connectivity index (χ3v) is 5.16. The van der Waals surface area contributed by atoms with Gasteiger partial charge in [-0.2, -0.15) is 0 Å². The van der Waals surface area contributed by atoms with Crippen molar-refractivity contribution >= 4 is 11.4 Å². The minimum absolute atomic E-state index is 0. The first kappa shape index (κ1) is 26.3. The van der Waals surface area contributed by atoms with Gasteiger partial charge in [0.05, 0.1) is 0 Å². The smallest absolute Gasteiger partial charge is 0.378 e. The van der Waals surface area contributed by atoms with Gasteiger partial charge in [-0.05, 0) is 23.5 Å². The summed E-state index contributed by atoms with van der Waals surface area (Å²) in [7, 11) is 8.11. The Balaban J connectivity index is 0.000000227. The molecule has 4 nitrogen and oxygen atoms in total. The van der Waals surface area contributed by atoms with Gasteiger partial charge in [0.15, 0.2) is 0 Å². The van der Waals surface area contributed by atoms with Crippen molar-refractivity contribution < 1.29 is 21.1 Å². The minimum Gasteiger partial charge on any atom is -0.378 e. The second-order valence-corrected chi connectivity index (χ2v) is 8.04. The maximum Gasteiger partial charge on any atom is 2.00 e. The van der Waals surface area contributed by atoms with Crippen LogP contribution in [0.3, 0.4) is 0 Å². The maximum absolute atomic E-state index is 4.39. The van der Waals surface area contributed by atoms with Crippen molar-refractivity contribution in [3.05, 3.63) is 96.3 Å². The second kappa shape index (κ2) is 12.3. The fourth-order valence-electron chi connectivity index (χ4n) is 3.26. The molecule has 0 aliphatic heterocycles. The third-order valence-electron chi connectivity index (χ3n) is 5.16. The van der Waals surface area contributed by atoms with E-state index in [4.69, 9.17) is 0 Å². The summed E-state index contributed by atoms with van der Waals surface area (Å²) in [4.78, 5) is 12.9. The van der Waals surface area contributed by atoms with Crippen molar-refractivity contribution in [2.24, 2.45) is 0 Å². The third kappa shape index (κ3) is 7.00. The van der Waals surface area contributed by atoms with E-state index in [2.05, 4.69) is 70.0 Å². The van der Waals surface area contributed by atoms with Gasteiger partial charge in [-0.15, -0.1) is 70.8 Å². The molecule has 0 aliphatic rings. The van der Waals surface area contributed by atoms with Crippen molar-refractivity contribution in [3.63, 3.8) is 0 Å². The van der Waals surface area contributed by atoms with E-state index in [-0.39, 0.29) is 21.1 Å². The van der Waals surface area contributed by atoms with Crippen LogP contribution >= 0.6 is 0 Å². The molecule has 2 aromatic carbocycles. The van der Waals surface area contributed by atoms with Crippen LogP contribution in [0.25, 0.3) is 22.5 Å². The van der Waals surface area contributed by atoms with Gasteiger partial charge >= 0.3 is 21.1 Å². The number of aryl methyl sites for hydroxylation is 2. The first-order valence-corrected chi connectivity index (χ1v) is 10.6. The quantitative estimate of drug-likeness (QED) is 0.270. The molecule has 0 radical (unpaired) electrons. The summed E-state index contributed by atoms with van der Waals surface area (Å²) >= 11 is 0. The summed E-state index contributed by atoms with van der Waals surface area (Å²) in [6.45, 7) is 4.16. The van der Waals surface area contributed by atoms with E-state index >= 15 is 0 Å². The summed E-state index contributed by atoms with van der Waals surface area (Å²) in [5, 5.41) is 0. The first-order valence-electron chi connectivity index (χ1n) is 10.6. The summed E-state index contributed by atoms with van der Waals surface area (Å²) in [6, 6.07) is 26.6. The molecule has 0 saturated carbocycles. The van der Waals surface area contributed by atoms with Crippen LogP contribution in [0.4, 0.5) is 11.4 Å². The zero-order valence-electron chi connectivity index (χ0n) is 20.0. The van der Waals surface area contributed by atoms with Gasteiger partial charge in [0.25, 0.3) is 0 Å². The van der Waals surface area contributed by atoms with Crippen molar-refractivity contribution in [2.75, 3.05) is 38.0 Å². The topological polar surface area (TPSA) is 32.3 Å². The Morgan fingerprint density at radius 1 is 0.636 bits per heavy atom. The number of nitrogens with zero attached hydrogens (tertiary/aromatic N) is 4. The fourth-order valence-corrected chi connectivity index (χ4v) is 3.26. The van der Waals surface area contributed by atoms with Gasteiger partial charge in [-0.3, -0.25) is 0 Å². The molecule has 0 amide bonds. The van der Waals surface area contributed by atoms with E-state index in [1.165, 1.54) is 11.1 Å². The Morgan fingerprint density at radius 3 is 1.36 bits per heavy atom. The van der Waals surface area contributed by atoms with Gasteiger partial charge in [-0.25, -0.2) is 0 Å². The largest absolute Gasteiger partial charge is 2.00 e. The van der Waals surface area contributed by atoms with Crippen LogP contribution in [0.1, 0.15) is 11.1 Å². The Morgan fingerprint density at radius 2 is 1.03 bits per heavy atom. The van der Waals surface area contributed by atoms with Crippen LogP contribution in [0.5, 0.6) is 0 Å². The van der Waals surface area contributed by atoms with Crippen LogP contribution in [-0.4, -0.2) is 38.2 Å². The molecular formula is C28H30N4Pt. The predicted molar refractivity (Wildman–Crippen MR) is 135 cm³/mol. The van der Waals surface area contributed by atoms with Crippen molar-refractivity contribution in [1.82, 2.24) is 9.97 Å². The van der Waals surface area contributed by atoms with Gasteiger partial charge in [0.2, 0.25) is 0 Å². The summed E-state index contributed by atoms with van der Waals surface area (Å²) in [6.07, 6.45) is 3.68. The van der Waals surface area contributed by atoms with Crippen molar-refractivity contribution in [3.8, 4) is 22.5 Å². The Labute approximate surface area is 212 Å². The SMILES string of the molecule is Cc1ccc[c-]c1-c1cc(N(C)C)ccn1.Cc1ccc[c-]c1-c1cc(N(C)C)ccn1.[Pt+2]. The number of pyridine rings is 2. The van der Waals surface area contributed by atoms with Crippen LogP contribution in [0.2, 0.25) is 0 Å². The molecule has 0 unspecified atom stereocenters. The van der Waals surface area contributed by atoms with E-state index in [1.807, 2.05) is 77.0 Å². The molecule has 0 N–H and O–H groups in total. The summed E-state index contributed by atoms with van der Waals surface area (Å²) in [5.74, 6) is 0.